The summed E-state index contributed by atoms with van der Waals surface area (Å²) in [7, 11) is 0. The molecule has 2 aromatic heterocycles. The Labute approximate surface area is 151 Å². The van der Waals surface area contributed by atoms with Crippen LogP contribution in [0.5, 0.6) is 0 Å². The van der Waals surface area contributed by atoms with Gasteiger partial charge in [-0.1, -0.05) is 17.3 Å². The number of hydrogen-bond donors (Lipinski definition) is 0. The van der Waals surface area contributed by atoms with Gasteiger partial charge in [-0.15, -0.1) is 0 Å². The van der Waals surface area contributed by atoms with E-state index in [-0.39, 0.29) is 5.82 Å². The first-order chi connectivity index (χ1) is 12.7. The monoisotopic (exact) mass is 352 g/mol. The lowest BCUT2D eigenvalue weighted by atomic mass is 9.90. The van der Waals surface area contributed by atoms with Crippen molar-refractivity contribution in [2.24, 2.45) is 5.92 Å². The number of benzene rings is 1. The van der Waals surface area contributed by atoms with Crippen LogP contribution in [0.3, 0.4) is 0 Å². The lowest BCUT2D eigenvalue weighted by Gasteiger charge is -2.33. The highest BCUT2D eigenvalue weighted by atomic mass is 19.1. The molecule has 0 bridgehead atoms. The molecule has 0 amide bonds. The van der Waals surface area contributed by atoms with Crippen molar-refractivity contribution in [1.82, 2.24) is 15.1 Å². The van der Waals surface area contributed by atoms with E-state index in [1.165, 1.54) is 6.07 Å². The molecule has 4 rings (SSSR count). The summed E-state index contributed by atoms with van der Waals surface area (Å²) in [4.78, 5) is 11.2. The SMILES string of the molecule is Cc1noc(-c2cccnc2N2CCC(Cc3cccc(F)c3)CC2)n1. The molecule has 1 aliphatic rings. The van der Waals surface area contributed by atoms with Gasteiger partial charge in [0.25, 0.3) is 5.89 Å². The molecular formula is C20H21FN4O. The van der Waals surface area contributed by atoms with Crippen molar-refractivity contribution in [1.29, 1.82) is 0 Å². The predicted octanol–water partition coefficient (Wildman–Crippen LogP) is 4.04. The Kier molecular flexibility index (Phi) is 4.65. The van der Waals surface area contributed by atoms with Crippen LogP contribution in [-0.2, 0) is 6.42 Å². The number of anilines is 1. The topological polar surface area (TPSA) is 55.1 Å². The maximum absolute atomic E-state index is 13.4. The van der Waals surface area contributed by atoms with Crippen LogP contribution in [0.1, 0.15) is 24.2 Å². The minimum Gasteiger partial charge on any atom is -0.356 e. The van der Waals surface area contributed by atoms with Crippen molar-refractivity contribution in [2.45, 2.75) is 26.2 Å². The van der Waals surface area contributed by atoms with E-state index in [4.69, 9.17) is 4.52 Å². The third kappa shape index (κ3) is 3.59. The molecule has 26 heavy (non-hydrogen) atoms. The van der Waals surface area contributed by atoms with E-state index in [1.54, 1.807) is 25.3 Å². The molecule has 0 N–H and O–H groups in total. The normalized spacial score (nSPS) is 15.4. The molecule has 0 radical (unpaired) electrons. The summed E-state index contributed by atoms with van der Waals surface area (Å²) in [6.45, 7) is 3.63. The number of piperidine rings is 1. The minimum absolute atomic E-state index is 0.159. The largest absolute Gasteiger partial charge is 0.356 e. The molecule has 6 heteroatoms. The molecule has 1 aromatic carbocycles. The lowest BCUT2D eigenvalue weighted by molar-refractivity contribution is 0.401. The van der Waals surface area contributed by atoms with Crippen LogP contribution >= 0.6 is 0 Å². The Morgan fingerprint density at radius 3 is 2.77 bits per heavy atom. The van der Waals surface area contributed by atoms with Gasteiger partial charge >= 0.3 is 0 Å². The number of aryl methyl sites for hydroxylation is 1. The van der Waals surface area contributed by atoms with Crippen LogP contribution in [0.4, 0.5) is 10.2 Å². The minimum atomic E-state index is -0.159. The predicted molar refractivity (Wildman–Crippen MR) is 97.3 cm³/mol. The van der Waals surface area contributed by atoms with Crippen molar-refractivity contribution in [2.75, 3.05) is 18.0 Å². The molecule has 134 valence electrons. The maximum atomic E-state index is 13.4. The molecule has 0 aliphatic carbocycles. The zero-order valence-electron chi connectivity index (χ0n) is 14.7. The van der Waals surface area contributed by atoms with Crippen LogP contribution in [0.25, 0.3) is 11.5 Å². The van der Waals surface area contributed by atoms with E-state index in [1.807, 2.05) is 18.2 Å². The van der Waals surface area contributed by atoms with Crippen LogP contribution in [0, 0.1) is 18.7 Å². The van der Waals surface area contributed by atoms with Gasteiger partial charge < -0.3 is 9.42 Å². The van der Waals surface area contributed by atoms with Gasteiger partial charge in [0, 0.05) is 19.3 Å². The number of aromatic nitrogens is 3. The van der Waals surface area contributed by atoms with Gasteiger partial charge in [-0.05, 0) is 61.9 Å². The fourth-order valence-electron chi connectivity index (χ4n) is 3.57. The van der Waals surface area contributed by atoms with Gasteiger partial charge in [-0.25, -0.2) is 9.37 Å². The first kappa shape index (κ1) is 16.7. The summed E-state index contributed by atoms with van der Waals surface area (Å²) in [6, 6.07) is 10.8. The Morgan fingerprint density at radius 1 is 1.19 bits per heavy atom. The van der Waals surface area contributed by atoms with E-state index >= 15 is 0 Å². The highest BCUT2D eigenvalue weighted by Gasteiger charge is 2.24. The number of rotatable bonds is 4. The molecule has 1 saturated heterocycles. The van der Waals surface area contributed by atoms with E-state index in [9.17, 15) is 4.39 Å². The van der Waals surface area contributed by atoms with Crippen molar-refractivity contribution in [3.63, 3.8) is 0 Å². The summed E-state index contributed by atoms with van der Waals surface area (Å²) < 4.78 is 18.7. The van der Waals surface area contributed by atoms with Crippen molar-refractivity contribution in [3.05, 3.63) is 59.8 Å². The fraction of sp³-hybridized carbons (Fsp3) is 0.350. The summed E-state index contributed by atoms with van der Waals surface area (Å²) in [6.07, 6.45) is 4.81. The number of nitrogens with zero attached hydrogens (tertiary/aromatic N) is 4. The van der Waals surface area contributed by atoms with Gasteiger partial charge in [0.1, 0.15) is 11.6 Å². The van der Waals surface area contributed by atoms with Crippen LogP contribution < -0.4 is 4.90 Å². The molecule has 3 aromatic rings. The number of pyridine rings is 1. The number of halogens is 1. The summed E-state index contributed by atoms with van der Waals surface area (Å²) in [5.74, 6) is 2.41. The Hall–Kier alpha value is -2.76. The van der Waals surface area contributed by atoms with E-state index in [2.05, 4.69) is 20.0 Å². The van der Waals surface area contributed by atoms with E-state index < -0.39 is 0 Å². The van der Waals surface area contributed by atoms with Gasteiger partial charge in [-0.2, -0.15) is 4.98 Å². The first-order valence-electron chi connectivity index (χ1n) is 8.94. The van der Waals surface area contributed by atoms with Crippen molar-refractivity contribution < 1.29 is 8.91 Å². The van der Waals surface area contributed by atoms with E-state index in [0.717, 1.165) is 49.3 Å². The molecular weight excluding hydrogens is 331 g/mol. The third-order valence-electron chi connectivity index (χ3n) is 4.87. The average molecular weight is 352 g/mol. The zero-order valence-corrected chi connectivity index (χ0v) is 14.7. The van der Waals surface area contributed by atoms with Gasteiger partial charge in [0.05, 0.1) is 5.56 Å². The second kappa shape index (κ2) is 7.23. The molecule has 0 saturated carbocycles. The molecule has 5 nitrogen and oxygen atoms in total. The second-order valence-corrected chi connectivity index (χ2v) is 6.79. The van der Waals surface area contributed by atoms with Crippen molar-refractivity contribution in [3.8, 4) is 11.5 Å². The molecule has 1 aliphatic heterocycles. The summed E-state index contributed by atoms with van der Waals surface area (Å²) in [5, 5.41) is 3.88. The lowest BCUT2D eigenvalue weighted by Crippen LogP contribution is -2.35. The molecule has 0 atom stereocenters. The highest BCUT2D eigenvalue weighted by molar-refractivity contribution is 5.69. The first-order valence-corrected chi connectivity index (χ1v) is 8.94. The zero-order chi connectivity index (χ0) is 17.9. The van der Waals surface area contributed by atoms with Crippen molar-refractivity contribution >= 4 is 5.82 Å². The molecule has 1 fully saturated rings. The quantitative estimate of drug-likeness (QED) is 0.709. The Balaban J connectivity index is 1.45. The van der Waals surface area contributed by atoms with Gasteiger partial charge in [0.15, 0.2) is 5.82 Å². The van der Waals surface area contributed by atoms with E-state index in [0.29, 0.717) is 17.6 Å². The highest BCUT2D eigenvalue weighted by Crippen LogP contribution is 2.31. The third-order valence-corrected chi connectivity index (χ3v) is 4.87. The van der Waals surface area contributed by atoms with Crippen LogP contribution in [0.15, 0.2) is 47.1 Å². The average Bonchev–Trinajstić information content (AvgIpc) is 3.09. The number of hydrogen-bond acceptors (Lipinski definition) is 5. The van der Waals surface area contributed by atoms with Crippen LogP contribution in [0.2, 0.25) is 0 Å². The Morgan fingerprint density at radius 2 is 2.04 bits per heavy atom. The Bertz CT molecular complexity index is 887. The molecule has 0 unspecified atom stereocenters. The maximum Gasteiger partial charge on any atom is 0.261 e. The summed E-state index contributed by atoms with van der Waals surface area (Å²) in [5.41, 5.74) is 1.94. The summed E-state index contributed by atoms with van der Waals surface area (Å²) >= 11 is 0. The molecule has 3 heterocycles. The van der Waals surface area contributed by atoms with Gasteiger partial charge in [0.2, 0.25) is 0 Å². The standard InChI is InChI=1S/C20H21FN4O/c1-14-23-20(26-24-14)18-6-3-9-22-19(18)25-10-7-15(8-11-25)12-16-4-2-5-17(21)13-16/h2-6,9,13,15H,7-8,10-12H2,1H3. The van der Waals surface area contributed by atoms with Crippen LogP contribution in [-0.4, -0.2) is 28.2 Å². The smallest absolute Gasteiger partial charge is 0.261 e. The second-order valence-electron chi connectivity index (χ2n) is 6.79. The fourth-order valence-corrected chi connectivity index (χ4v) is 3.57. The van der Waals surface area contributed by atoms with Gasteiger partial charge in [-0.3, -0.25) is 0 Å². The molecule has 0 spiro atoms.